The fraction of sp³-hybridized carbons (Fsp3) is 0.286. The third-order valence-electron chi connectivity index (χ3n) is 3.15. The monoisotopic (exact) mass is 274 g/mol. The largest absolute Gasteiger partial charge is 0.362 e. The van der Waals surface area contributed by atoms with Gasteiger partial charge in [-0.3, -0.25) is 5.43 Å². The molecule has 1 aromatic heterocycles. The van der Waals surface area contributed by atoms with Crippen LogP contribution >= 0.6 is 12.2 Å². The SMILES string of the molecule is CCNC(=S)N/N=C/c1c(C)n(C)c2ccccc12. The minimum absolute atomic E-state index is 0.539. The number of para-hydroxylation sites is 1. The Morgan fingerprint density at radius 2 is 2.16 bits per heavy atom. The topological polar surface area (TPSA) is 41.4 Å². The second-order valence-electron chi connectivity index (χ2n) is 4.30. The molecule has 1 heterocycles. The summed E-state index contributed by atoms with van der Waals surface area (Å²) in [4.78, 5) is 0. The molecule has 0 amide bonds. The maximum Gasteiger partial charge on any atom is 0.186 e. The predicted octanol–water partition coefficient (Wildman–Crippen LogP) is 2.30. The third-order valence-corrected chi connectivity index (χ3v) is 3.38. The molecule has 0 unspecified atom stereocenters. The maximum absolute atomic E-state index is 5.06. The summed E-state index contributed by atoms with van der Waals surface area (Å²) in [6.07, 6.45) is 1.82. The van der Waals surface area contributed by atoms with E-state index in [0.717, 1.165) is 12.1 Å². The van der Waals surface area contributed by atoms with E-state index in [2.05, 4.69) is 46.5 Å². The lowest BCUT2D eigenvalue weighted by atomic mass is 10.1. The van der Waals surface area contributed by atoms with Crippen molar-refractivity contribution in [1.82, 2.24) is 15.3 Å². The van der Waals surface area contributed by atoms with Crippen molar-refractivity contribution < 1.29 is 0 Å². The lowest BCUT2D eigenvalue weighted by Crippen LogP contribution is -2.31. The smallest absolute Gasteiger partial charge is 0.186 e. The molecule has 19 heavy (non-hydrogen) atoms. The van der Waals surface area contributed by atoms with E-state index in [4.69, 9.17) is 12.2 Å². The summed E-state index contributed by atoms with van der Waals surface area (Å²) in [7, 11) is 2.06. The van der Waals surface area contributed by atoms with Crippen LogP contribution in [0.15, 0.2) is 29.4 Å². The van der Waals surface area contributed by atoms with Gasteiger partial charge in [0.15, 0.2) is 5.11 Å². The number of rotatable bonds is 3. The Bertz CT molecular complexity index is 628. The predicted molar refractivity (Wildman–Crippen MR) is 84.7 cm³/mol. The summed E-state index contributed by atoms with van der Waals surface area (Å²) in [6, 6.07) is 8.29. The highest BCUT2D eigenvalue weighted by Crippen LogP contribution is 2.22. The summed E-state index contributed by atoms with van der Waals surface area (Å²) < 4.78 is 2.17. The third kappa shape index (κ3) is 2.76. The summed E-state index contributed by atoms with van der Waals surface area (Å²) >= 11 is 5.06. The second kappa shape index (κ2) is 5.84. The van der Waals surface area contributed by atoms with Gasteiger partial charge in [0.05, 0.1) is 6.21 Å². The molecular formula is C14H18N4S. The van der Waals surface area contributed by atoms with Crippen molar-refractivity contribution in [2.45, 2.75) is 13.8 Å². The molecule has 100 valence electrons. The van der Waals surface area contributed by atoms with Gasteiger partial charge in [0.25, 0.3) is 0 Å². The first-order valence-corrected chi connectivity index (χ1v) is 6.67. The number of nitrogens with zero attached hydrogens (tertiary/aromatic N) is 2. The zero-order valence-electron chi connectivity index (χ0n) is 11.4. The van der Waals surface area contributed by atoms with Crippen LogP contribution in [0, 0.1) is 6.92 Å². The zero-order valence-corrected chi connectivity index (χ0v) is 12.2. The summed E-state index contributed by atoms with van der Waals surface area (Å²) in [5.74, 6) is 0. The van der Waals surface area contributed by atoms with Crippen molar-refractivity contribution >= 4 is 34.4 Å². The van der Waals surface area contributed by atoms with Gasteiger partial charge in [-0.15, -0.1) is 0 Å². The molecule has 0 spiro atoms. The van der Waals surface area contributed by atoms with Gasteiger partial charge >= 0.3 is 0 Å². The van der Waals surface area contributed by atoms with Crippen molar-refractivity contribution in [3.05, 3.63) is 35.5 Å². The van der Waals surface area contributed by atoms with Crippen molar-refractivity contribution in [3.8, 4) is 0 Å². The average molecular weight is 274 g/mol. The van der Waals surface area contributed by atoms with Crippen LogP contribution in [0.5, 0.6) is 0 Å². The minimum Gasteiger partial charge on any atom is -0.362 e. The molecule has 0 saturated heterocycles. The van der Waals surface area contributed by atoms with Crippen LogP contribution in [-0.2, 0) is 7.05 Å². The number of aromatic nitrogens is 1. The normalized spacial score (nSPS) is 11.1. The van der Waals surface area contributed by atoms with Crippen LogP contribution in [0.4, 0.5) is 0 Å². The van der Waals surface area contributed by atoms with Gasteiger partial charge in [0.1, 0.15) is 0 Å². The molecule has 5 heteroatoms. The number of hydrazone groups is 1. The van der Waals surface area contributed by atoms with E-state index in [-0.39, 0.29) is 0 Å². The van der Waals surface area contributed by atoms with Gasteiger partial charge in [0, 0.05) is 35.8 Å². The number of benzene rings is 1. The van der Waals surface area contributed by atoms with Crippen LogP contribution in [0.2, 0.25) is 0 Å². The van der Waals surface area contributed by atoms with E-state index in [9.17, 15) is 0 Å². The second-order valence-corrected chi connectivity index (χ2v) is 4.71. The van der Waals surface area contributed by atoms with Gasteiger partial charge in [-0.25, -0.2) is 0 Å². The molecule has 2 N–H and O–H groups in total. The van der Waals surface area contributed by atoms with E-state index < -0.39 is 0 Å². The summed E-state index contributed by atoms with van der Waals surface area (Å²) in [5, 5.41) is 8.92. The van der Waals surface area contributed by atoms with Gasteiger partial charge in [-0.05, 0) is 32.1 Å². The molecule has 0 radical (unpaired) electrons. The molecule has 0 fully saturated rings. The Kier molecular flexibility index (Phi) is 4.16. The molecule has 0 bridgehead atoms. The fourth-order valence-corrected chi connectivity index (χ4v) is 2.27. The lowest BCUT2D eigenvalue weighted by molar-refractivity contribution is 0.901. The number of fused-ring (bicyclic) bond motifs is 1. The molecule has 0 saturated carbocycles. The Balaban J connectivity index is 2.28. The van der Waals surface area contributed by atoms with Gasteiger partial charge in [0.2, 0.25) is 0 Å². The number of thiocarbonyl (C=S) groups is 1. The molecule has 4 nitrogen and oxygen atoms in total. The van der Waals surface area contributed by atoms with E-state index >= 15 is 0 Å². The average Bonchev–Trinajstić information content (AvgIpc) is 2.65. The van der Waals surface area contributed by atoms with Gasteiger partial charge in [-0.1, -0.05) is 18.2 Å². The highest BCUT2D eigenvalue weighted by atomic mass is 32.1. The van der Waals surface area contributed by atoms with Crippen molar-refractivity contribution in [3.63, 3.8) is 0 Å². The Morgan fingerprint density at radius 3 is 2.89 bits per heavy atom. The van der Waals surface area contributed by atoms with Crippen molar-refractivity contribution in [2.24, 2.45) is 12.1 Å². The molecule has 0 aliphatic heterocycles. The number of aryl methyl sites for hydroxylation is 1. The first-order valence-electron chi connectivity index (χ1n) is 6.26. The molecule has 0 aliphatic rings. The first-order chi connectivity index (χ1) is 9.15. The first kappa shape index (κ1) is 13.5. The van der Waals surface area contributed by atoms with Crippen LogP contribution < -0.4 is 10.7 Å². The quantitative estimate of drug-likeness (QED) is 0.513. The van der Waals surface area contributed by atoms with Crippen LogP contribution in [0.1, 0.15) is 18.2 Å². The fourth-order valence-electron chi connectivity index (χ4n) is 2.07. The molecule has 2 aromatic rings. The van der Waals surface area contributed by atoms with E-state index in [1.54, 1.807) is 0 Å². The zero-order chi connectivity index (χ0) is 13.8. The van der Waals surface area contributed by atoms with Gasteiger partial charge < -0.3 is 9.88 Å². The minimum atomic E-state index is 0.539. The van der Waals surface area contributed by atoms with E-state index in [1.165, 1.54) is 16.6 Å². The molecule has 2 rings (SSSR count). The Hall–Kier alpha value is -1.88. The maximum atomic E-state index is 5.06. The lowest BCUT2D eigenvalue weighted by Gasteiger charge is -2.02. The molecule has 0 aliphatic carbocycles. The number of hydrogen-bond donors (Lipinski definition) is 2. The molecular weight excluding hydrogens is 256 g/mol. The van der Waals surface area contributed by atoms with Crippen molar-refractivity contribution in [2.75, 3.05) is 6.54 Å². The highest BCUT2D eigenvalue weighted by molar-refractivity contribution is 7.80. The van der Waals surface area contributed by atoms with Crippen LogP contribution in [0.25, 0.3) is 10.9 Å². The van der Waals surface area contributed by atoms with E-state index in [0.29, 0.717) is 5.11 Å². The molecule has 1 aromatic carbocycles. The molecule has 0 atom stereocenters. The van der Waals surface area contributed by atoms with Crippen LogP contribution in [0.3, 0.4) is 0 Å². The van der Waals surface area contributed by atoms with Crippen molar-refractivity contribution in [1.29, 1.82) is 0 Å². The highest BCUT2D eigenvalue weighted by Gasteiger charge is 2.08. The number of hydrogen-bond acceptors (Lipinski definition) is 2. The Morgan fingerprint density at radius 1 is 1.42 bits per heavy atom. The Labute approximate surface area is 118 Å². The summed E-state index contributed by atoms with van der Waals surface area (Å²) in [6.45, 7) is 4.87. The van der Waals surface area contributed by atoms with E-state index in [1.807, 2.05) is 25.3 Å². The van der Waals surface area contributed by atoms with Gasteiger partial charge in [-0.2, -0.15) is 5.10 Å². The van der Waals surface area contributed by atoms with Crippen LogP contribution in [-0.4, -0.2) is 22.4 Å². The standard InChI is InChI=1S/C14H18N4S/c1-4-15-14(19)17-16-9-12-10(2)18(3)13-8-6-5-7-11(12)13/h5-9H,4H2,1-3H3,(H2,15,17,19)/b16-9+. The summed E-state index contributed by atoms with van der Waals surface area (Å²) in [5.41, 5.74) is 6.32. The number of nitrogens with one attached hydrogen (secondary N) is 2.